The van der Waals surface area contributed by atoms with E-state index in [9.17, 15) is 10.5 Å². The van der Waals surface area contributed by atoms with Crippen LogP contribution < -0.4 is 10.6 Å². The van der Waals surface area contributed by atoms with Gasteiger partial charge in [-0.2, -0.15) is 10.5 Å². The number of aromatic nitrogens is 2. The monoisotopic (exact) mass is 380 g/mol. The Morgan fingerprint density at radius 2 is 1.62 bits per heavy atom. The number of imidazole rings is 1. The minimum Gasteiger partial charge on any atom is -0.384 e. The third-order valence-electron chi connectivity index (χ3n) is 5.29. The highest BCUT2D eigenvalue weighted by atomic mass is 15.1. The van der Waals surface area contributed by atoms with Crippen molar-refractivity contribution in [3.05, 3.63) is 59.7 Å². The molecule has 4 rings (SSSR count). The largest absolute Gasteiger partial charge is 0.384 e. The van der Waals surface area contributed by atoms with Gasteiger partial charge in [-0.1, -0.05) is 24.3 Å². The minimum absolute atomic E-state index is 0.285. The van der Waals surface area contributed by atoms with Gasteiger partial charge in [0, 0.05) is 24.3 Å². The van der Waals surface area contributed by atoms with Gasteiger partial charge in [0.25, 0.3) is 0 Å². The lowest BCUT2D eigenvalue weighted by molar-refractivity contribution is 0.866. The van der Waals surface area contributed by atoms with Crippen molar-refractivity contribution < 1.29 is 0 Å². The molecule has 0 saturated carbocycles. The van der Waals surface area contributed by atoms with E-state index in [2.05, 4.69) is 35.9 Å². The second kappa shape index (κ2) is 7.18. The van der Waals surface area contributed by atoms with Crippen LogP contribution in [0.15, 0.2) is 48.5 Å². The minimum atomic E-state index is 0.285. The molecule has 0 aliphatic carbocycles. The second-order valence-electron chi connectivity index (χ2n) is 6.71. The number of pyridine rings is 1. The molecule has 4 aromatic rings. The molecule has 0 fully saturated rings. The van der Waals surface area contributed by atoms with Gasteiger partial charge in [-0.25, -0.2) is 4.98 Å². The summed E-state index contributed by atoms with van der Waals surface area (Å²) in [6.07, 6.45) is 0. The third-order valence-corrected chi connectivity index (χ3v) is 5.29. The number of rotatable bonds is 4. The van der Waals surface area contributed by atoms with E-state index in [-0.39, 0.29) is 11.4 Å². The topological polar surface area (TPSA) is 94.1 Å². The van der Waals surface area contributed by atoms with Gasteiger partial charge < -0.3 is 10.6 Å². The zero-order valence-corrected chi connectivity index (χ0v) is 16.3. The van der Waals surface area contributed by atoms with Crippen molar-refractivity contribution in [1.82, 2.24) is 9.38 Å². The van der Waals surface area contributed by atoms with E-state index in [1.54, 1.807) is 4.40 Å². The number of fused-ring (bicyclic) bond motifs is 3. The van der Waals surface area contributed by atoms with E-state index in [0.717, 1.165) is 35.4 Å². The Kier molecular flexibility index (Phi) is 4.54. The quantitative estimate of drug-likeness (QED) is 0.569. The number of nitriles is 2. The SMILES string of the molecule is CCN(CC)c1ccc(-c2c(C#N)c(N)n3c(nc4ccccc43)c2C#N)cc1. The summed E-state index contributed by atoms with van der Waals surface area (Å²) in [6.45, 7) is 6.03. The summed E-state index contributed by atoms with van der Waals surface area (Å²) in [4.78, 5) is 6.86. The molecule has 0 atom stereocenters. The summed E-state index contributed by atoms with van der Waals surface area (Å²) in [6, 6.07) is 19.9. The van der Waals surface area contributed by atoms with Crippen molar-refractivity contribution in [2.45, 2.75) is 13.8 Å². The summed E-state index contributed by atoms with van der Waals surface area (Å²) >= 11 is 0. The van der Waals surface area contributed by atoms with Crippen molar-refractivity contribution in [1.29, 1.82) is 10.5 Å². The first-order valence-electron chi connectivity index (χ1n) is 9.52. The zero-order chi connectivity index (χ0) is 20.5. The van der Waals surface area contributed by atoms with Crippen LogP contribution in [0, 0.1) is 22.7 Å². The van der Waals surface area contributed by atoms with E-state index in [1.165, 1.54) is 0 Å². The van der Waals surface area contributed by atoms with Crippen LogP contribution in [0.5, 0.6) is 0 Å². The van der Waals surface area contributed by atoms with Crippen LogP contribution >= 0.6 is 0 Å². The summed E-state index contributed by atoms with van der Waals surface area (Å²) in [5.74, 6) is 0.290. The van der Waals surface area contributed by atoms with Crippen LogP contribution in [0.2, 0.25) is 0 Å². The molecule has 0 saturated heterocycles. The van der Waals surface area contributed by atoms with Gasteiger partial charge in [0.2, 0.25) is 0 Å². The van der Waals surface area contributed by atoms with Crippen molar-refractivity contribution >= 4 is 28.2 Å². The summed E-state index contributed by atoms with van der Waals surface area (Å²) in [7, 11) is 0. The molecule has 0 amide bonds. The molecular formula is C23H20N6. The van der Waals surface area contributed by atoms with E-state index in [0.29, 0.717) is 16.8 Å². The molecule has 0 aliphatic heterocycles. The van der Waals surface area contributed by atoms with Crippen molar-refractivity contribution in [3.8, 4) is 23.3 Å². The number of nitrogens with zero attached hydrogens (tertiary/aromatic N) is 5. The maximum absolute atomic E-state index is 9.97. The molecule has 6 nitrogen and oxygen atoms in total. The Hall–Kier alpha value is -4.03. The molecule has 0 aliphatic rings. The maximum Gasteiger partial charge on any atom is 0.158 e. The Labute approximate surface area is 169 Å². The molecule has 2 heterocycles. The number of hydrogen-bond donors (Lipinski definition) is 1. The number of nitrogen functional groups attached to an aromatic ring is 1. The van der Waals surface area contributed by atoms with E-state index in [4.69, 9.17) is 5.73 Å². The smallest absolute Gasteiger partial charge is 0.158 e. The Balaban J connectivity index is 2.03. The third kappa shape index (κ3) is 2.74. The first kappa shape index (κ1) is 18.3. The van der Waals surface area contributed by atoms with Crippen LogP contribution in [0.25, 0.3) is 27.8 Å². The lowest BCUT2D eigenvalue weighted by Crippen LogP contribution is -2.21. The predicted octanol–water partition coefficient (Wildman–Crippen LogP) is 4.33. The lowest BCUT2D eigenvalue weighted by atomic mass is 9.96. The predicted molar refractivity (Wildman–Crippen MR) is 116 cm³/mol. The maximum atomic E-state index is 9.97. The molecule has 0 bridgehead atoms. The molecule has 6 heteroatoms. The van der Waals surface area contributed by atoms with E-state index < -0.39 is 0 Å². The molecule has 0 radical (unpaired) electrons. The average molecular weight is 380 g/mol. The molecule has 2 aromatic heterocycles. The van der Waals surface area contributed by atoms with Crippen LogP contribution in [0.3, 0.4) is 0 Å². The first-order valence-corrected chi connectivity index (χ1v) is 9.52. The highest BCUT2D eigenvalue weighted by Crippen LogP contribution is 2.36. The summed E-state index contributed by atoms with van der Waals surface area (Å²) in [5.41, 5.74) is 11.4. The van der Waals surface area contributed by atoms with Crippen molar-refractivity contribution in [2.75, 3.05) is 23.7 Å². The number of benzene rings is 2. The molecule has 2 aromatic carbocycles. The highest BCUT2D eigenvalue weighted by Gasteiger charge is 2.22. The van der Waals surface area contributed by atoms with Gasteiger partial charge in [-0.3, -0.25) is 4.40 Å². The van der Waals surface area contributed by atoms with Gasteiger partial charge in [0.1, 0.15) is 29.1 Å². The zero-order valence-electron chi connectivity index (χ0n) is 16.3. The van der Waals surface area contributed by atoms with Crippen LogP contribution in [-0.2, 0) is 0 Å². The van der Waals surface area contributed by atoms with Gasteiger partial charge in [-0.15, -0.1) is 0 Å². The average Bonchev–Trinajstić information content (AvgIpc) is 3.15. The van der Waals surface area contributed by atoms with Gasteiger partial charge in [-0.05, 0) is 43.7 Å². The van der Waals surface area contributed by atoms with Gasteiger partial charge in [0.05, 0.1) is 11.0 Å². The van der Waals surface area contributed by atoms with Crippen molar-refractivity contribution in [2.24, 2.45) is 0 Å². The normalized spacial score (nSPS) is 10.8. The molecule has 0 spiro atoms. The molecular weight excluding hydrogens is 360 g/mol. The van der Waals surface area contributed by atoms with Crippen LogP contribution in [0.1, 0.15) is 25.0 Å². The number of hydrogen-bond acceptors (Lipinski definition) is 5. The standard InChI is InChI=1S/C23H20N6/c1-3-28(4-2)16-11-9-15(10-12-16)21-17(13-24)22(26)29-20-8-6-5-7-19(20)27-23(29)18(21)14-25/h5-12H,3-4,26H2,1-2H3. The van der Waals surface area contributed by atoms with Gasteiger partial charge >= 0.3 is 0 Å². The first-order chi connectivity index (χ1) is 14.1. The highest BCUT2D eigenvalue weighted by molar-refractivity contribution is 5.92. The fourth-order valence-corrected chi connectivity index (χ4v) is 3.85. The fraction of sp³-hybridized carbons (Fsp3) is 0.174. The van der Waals surface area contributed by atoms with Gasteiger partial charge in [0.15, 0.2) is 5.65 Å². The lowest BCUT2D eigenvalue weighted by Gasteiger charge is -2.21. The van der Waals surface area contributed by atoms with E-state index >= 15 is 0 Å². The van der Waals surface area contributed by atoms with E-state index in [1.807, 2.05) is 48.5 Å². The van der Waals surface area contributed by atoms with Crippen molar-refractivity contribution in [3.63, 3.8) is 0 Å². The van der Waals surface area contributed by atoms with Crippen LogP contribution in [-0.4, -0.2) is 22.5 Å². The molecule has 29 heavy (non-hydrogen) atoms. The molecule has 142 valence electrons. The summed E-state index contributed by atoms with van der Waals surface area (Å²) < 4.78 is 1.69. The Bertz CT molecular complexity index is 1300. The molecule has 0 unspecified atom stereocenters. The van der Waals surface area contributed by atoms with Crippen LogP contribution in [0.4, 0.5) is 11.5 Å². The second-order valence-corrected chi connectivity index (χ2v) is 6.71. The number of nitrogens with two attached hydrogens (primary N) is 1. The Morgan fingerprint density at radius 1 is 0.966 bits per heavy atom. The number of para-hydroxylation sites is 2. The fourth-order valence-electron chi connectivity index (χ4n) is 3.85. The Morgan fingerprint density at radius 3 is 2.24 bits per heavy atom. The molecule has 2 N–H and O–H groups in total. The summed E-state index contributed by atoms with van der Waals surface area (Å²) in [5, 5.41) is 19.9. The number of anilines is 2.